The molecular formula is C16H26N2S. The number of hydrogen-bond acceptors (Lipinski definition) is 3. The Morgan fingerprint density at radius 3 is 2.74 bits per heavy atom. The summed E-state index contributed by atoms with van der Waals surface area (Å²) in [6.45, 7) is 8.98. The van der Waals surface area contributed by atoms with Crippen molar-refractivity contribution >= 4 is 17.4 Å². The van der Waals surface area contributed by atoms with E-state index in [-0.39, 0.29) is 0 Å². The molecule has 19 heavy (non-hydrogen) atoms. The van der Waals surface area contributed by atoms with Gasteiger partial charge in [-0.15, -0.1) is 0 Å². The highest BCUT2D eigenvalue weighted by molar-refractivity contribution is 8.00. The molecule has 0 spiro atoms. The van der Waals surface area contributed by atoms with Crippen molar-refractivity contribution in [1.29, 1.82) is 0 Å². The van der Waals surface area contributed by atoms with Crippen LogP contribution in [0.5, 0.6) is 0 Å². The Labute approximate surface area is 122 Å². The van der Waals surface area contributed by atoms with Crippen LogP contribution in [0.3, 0.4) is 0 Å². The molecule has 1 fully saturated rings. The van der Waals surface area contributed by atoms with E-state index in [4.69, 9.17) is 0 Å². The third kappa shape index (κ3) is 4.43. The molecule has 0 aliphatic carbocycles. The van der Waals surface area contributed by atoms with Crippen LogP contribution >= 0.6 is 11.8 Å². The molecule has 0 bridgehead atoms. The summed E-state index contributed by atoms with van der Waals surface area (Å²) in [5.41, 5.74) is 2.77. The van der Waals surface area contributed by atoms with Crippen molar-refractivity contribution in [3.63, 3.8) is 0 Å². The number of benzene rings is 1. The van der Waals surface area contributed by atoms with E-state index in [2.05, 4.69) is 60.1 Å². The standard InChI is InChI=1S/C16H26N2S/c1-3-9-17-12-14-5-7-15(8-6-14)18-10-11-19-16(4-2)13-18/h5-8,16-17H,3-4,9-13H2,1-2H3. The van der Waals surface area contributed by atoms with Gasteiger partial charge >= 0.3 is 0 Å². The highest BCUT2D eigenvalue weighted by Crippen LogP contribution is 2.25. The van der Waals surface area contributed by atoms with E-state index in [1.54, 1.807) is 0 Å². The largest absolute Gasteiger partial charge is 0.370 e. The monoisotopic (exact) mass is 278 g/mol. The molecule has 1 aliphatic heterocycles. The van der Waals surface area contributed by atoms with Gasteiger partial charge in [0, 0.05) is 36.3 Å². The summed E-state index contributed by atoms with van der Waals surface area (Å²) in [6.07, 6.45) is 2.47. The quantitative estimate of drug-likeness (QED) is 0.802. The smallest absolute Gasteiger partial charge is 0.0367 e. The first-order valence-corrected chi connectivity index (χ1v) is 8.54. The SMILES string of the molecule is CCCNCc1ccc(N2CCSC(CC)C2)cc1. The van der Waals surface area contributed by atoms with E-state index in [9.17, 15) is 0 Å². The van der Waals surface area contributed by atoms with Crippen molar-refractivity contribution < 1.29 is 0 Å². The fourth-order valence-electron chi connectivity index (χ4n) is 2.43. The van der Waals surface area contributed by atoms with Crippen LogP contribution in [0.15, 0.2) is 24.3 Å². The van der Waals surface area contributed by atoms with E-state index in [0.717, 1.165) is 18.3 Å². The second-order valence-corrected chi connectivity index (χ2v) is 6.60. The van der Waals surface area contributed by atoms with Gasteiger partial charge in [0.05, 0.1) is 0 Å². The molecule has 3 heteroatoms. The Hall–Kier alpha value is -0.670. The first-order chi connectivity index (χ1) is 9.33. The molecule has 2 rings (SSSR count). The van der Waals surface area contributed by atoms with Crippen LogP contribution in [-0.2, 0) is 6.54 Å². The topological polar surface area (TPSA) is 15.3 Å². The molecule has 0 amide bonds. The summed E-state index contributed by atoms with van der Waals surface area (Å²) >= 11 is 2.13. The molecule has 1 aliphatic rings. The molecule has 1 heterocycles. The van der Waals surface area contributed by atoms with E-state index in [1.807, 2.05) is 0 Å². The molecule has 1 aromatic carbocycles. The maximum absolute atomic E-state index is 3.45. The fourth-order valence-corrected chi connectivity index (χ4v) is 3.62. The van der Waals surface area contributed by atoms with E-state index < -0.39 is 0 Å². The minimum absolute atomic E-state index is 0.805. The van der Waals surface area contributed by atoms with Crippen LogP contribution in [0.4, 0.5) is 5.69 Å². The van der Waals surface area contributed by atoms with Crippen molar-refractivity contribution in [2.24, 2.45) is 0 Å². The highest BCUT2D eigenvalue weighted by Gasteiger charge is 2.18. The summed E-state index contributed by atoms with van der Waals surface area (Å²) in [6, 6.07) is 9.10. The van der Waals surface area contributed by atoms with E-state index >= 15 is 0 Å². The van der Waals surface area contributed by atoms with Gasteiger partial charge < -0.3 is 10.2 Å². The van der Waals surface area contributed by atoms with Crippen LogP contribution in [0.25, 0.3) is 0 Å². The van der Waals surface area contributed by atoms with Gasteiger partial charge in [0.25, 0.3) is 0 Å². The summed E-state index contributed by atoms with van der Waals surface area (Å²) in [5, 5.41) is 4.25. The molecule has 106 valence electrons. The number of hydrogen-bond donors (Lipinski definition) is 1. The molecule has 2 nitrogen and oxygen atoms in total. The van der Waals surface area contributed by atoms with Crippen LogP contribution in [0, 0.1) is 0 Å². The van der Waals surface area contributed by atoms with Crippen molar-refractivity contribution in [1.82, 2.24) is 5.32 Å². The zero-order chi connectivity index (χ0) is 13.5. The molecule has 1 N–H and O–H groups in total. The summed E-state index contributed by atoms with van der Waals surface area (Å²) < 4.78 is 0. The van der Waals surface area contributed by atoms with Crippen LogP contribution in [0.2, 0.25) is 0 Å². The summed E-state index contributed by atoms with van der Waals surface area (Å²) in [7, 11) is 0. The van der Waals surface area contributed by atoms with E-state index in [0.29, 0.717) is 0 Å². The first kappa shape index (κ1) is 14.7. The number of nitrogens with zero attached hydrogens (tertiary/aromatic N) is 1. The van der Waals surface area contributed by atoms with Crippen molar-refractivity contribution in [2.45, 2.75) is 38.5 Å². The molecular weight excluding hydrogens is 252 g/mol. The molecule has 1 atom stereocenters. The fraction of sp³-hybridized carbons (Fsp3) is 0.625. The highest BCUT2D eigenvalue weighted by atomic mass is 32.2. The van der Waals surface area contributed by atoms with Gasteiger partial charge in [-0.1, -0.05) is 26.0 Å². The van der Waals surface area contributed by atoms with Gasteiger partial charge in [-0.05, 0) is 37.1 Å². The Kier molecular flexibility index (Phi) is 6.05. The van der Waals surface area contributed by atoms with Gasteiger partial charge in [0.15, 0.2) is 0 Å². The lowest BCUT2D eigenvalue weighted by Gasteiger charge is -2.33. The number of rotatable bonds is 6. The minimum atomic E-state index is 0.805. The van der Waals surface area contributed by atoms with Crippen LogP contribution < -0.4 is 10.2 Å². The second kappa shape index (κ2) is 7.81. The third-order valence-electron chi connectivity index (χ3n) is 3.65. The predicted molar refractivity (Wildman–Crippen MR) is 87.2 cm³/mol. The normalized spacial score (nSPS) is 19.7. The average Bonchev–Trinajstić information content (AvgIpc) is 2.48. The summed E-state index contributed by atoms with van der Waals surface area (Å²) in [5.74, 6) is 1.26. The van der Waals surface area contributed by atoms with Gasteiger partial charge in [-0.2, -0.15) is 11.8 Å². The zero-order valence-electron chi connectivity index (χ0n) is 12.2. The third-order valence-corrected chi connectivity index (χ3v) is 5.02. The van der Waals surface area contributed by atoms with Crippen LogP contribution in [0.1, 0.15) is 32.3 Å². The van der Waals surface area contributed by atoms with Crippen molar-refractivity contribution in [2.75, 3.05) is 30.3 Å². The Balaban J connectivity index is 1.90. The van der Waals surface area contributed by atoms with Gasteiger partial charge in [0.1, 0.15) is 0 Å². The van der Waals surface area contributed by atoms with Crippen molar-refractivity contribution in [3.05, 3.63) is 29.8 Å². The molecule has 1 aromatic rings. The lowest BCUT2D eigenvalue weighted by atomic mass is 10.1. The van der Waals surface area contributed by atoms with Crippen LogP contribution in [-0.4, -0.2) is 30.6 Å². The zero-order valence-corrected chi connectivity index (χ0v) is 13.0. The molecule has 1 saturated heterocycles. The summed E-state index contributed by atoms with van der Waals surface area (Å²) in [4.78, 5) is 2.54. The first-order valence-electron chi connectivity index (χ1n) is 7.49. The molecule has 0 aromatic heterocycles. The Morgan fingerprint density at radius 1 is 1.26 bits per heavy atom. The number of nitrogens with one attached hydrogen (secondary N) is 1. The van der Waals surface area contributed by atoms with Gasteiger partial charge in [-0.25, -0.2) is 0 Å². The number of anilines is 1. The molecule has 1 unspecified atom stereocenters. The lowest BCUT2D eigenvalue weighted by Crippen LogP contribution is -2.37. The maximum atomic E-state index is 3.45. The minimum Gasteiger partial charge on any atom is -0.370 e. The Morgan fingerprint density at radius 2 is 2.05 bits per heavy atom. The van der Waals surface area contributed by atoms with E-state index in [1.165, 1.54) is 42.9 Å². The molecule has 0 radical (unpaired) electrons. The average molecular weight is 278 g/mol. The maximum Gasteiger partial charge on any atom is 0.0367 e. The Bertz CT molecular complexity index is 364. The van der Waals surface area contributed by atoms with Crippen molar-refractivity contribution in [3.8, 4) is 0 Å². The lowest BCUT2D eigenvalue weighted by molar-refractivity contribution is 0.675. The predicted octanol–water partition coefficient (Wildman–Crippen LogP) is 3.52. The second-order valence-electron chi connectivity index (χ2n) is 5.19. The van der Waals surface area contributed by atoms with Gasteiger partial charge in [0.2, 0.25) is 0 Å². The molecule has 0 saturated carbocycles. The number of thioether (sulfide) groups is 1. The van der Waals surface area contributed by atoms with Gasteiger partial charge in [-0.3, -0.25) is 0 Å².